The van der Waals surface area contributed by atoms with Crippen molar-refractivity contribution in [2.75, 3.05) is 23.1 Å². The molecular weight excluding hydrogens is 439 g/mol. The van der Waals surface area contributed by atoms with E-state index in [0.29, 0.717) is 27.5 Å². The van der Waals surface area contributed by atoms with E-state index in [-0.39, 0.29) is 18.1 Å². The maximum absolute atomic E-state index is 12.1. The molecule has 0 fully saturated rings. The number of benzene rings is 2. The van der Waals surface area contributed by atoms with Crippen LogP contribution < -0.4 is 26.6 Å². The van der Waals surface area contributed by atoms with Crippen LogP contribution in [0, 0.1) is 0 Å². The van der Waals surface area contributed by atoms with Crippen LogP contribution in [0.1, 0.15) is 25.3 Å². The number of nitrogens with one attached hydrogen (secondary N) is 3. The fourth-order valence-electron chi connectivity index (χ4n) is 2.58. The van der Waals surface area contributed by atoms with Gasteiger partial charge in [-0.2, -0.15) is 0 Å². The lowest BCUT2D eigenvalue weighted by Gasteiger charge is -2.14. The molecule has 0 aliphatic rings. The molecule has 1 amide bonds. The van der Waals surface area contributed by atoms with E-state index in [9.17, 15) is 4.79 Å². The molecule has 3 aromatic rings. The Hall–Kier alpha value is -3.23. The standard InChI is InChI=1S/C21H22Cl2N6O2/c1-12(2)13-3-6-15(7-4-13)27-20-19(24)21(26-11-25-20)29-28-18(30)10-31-17-8-5-14(22)9-16(17)23/h3-9,11-12H,10,24H2,1-2H3,(H,28,30)(H2,25,26,27,29). The lowest BCUT2D eigenvalue weighted by Crippen LogP contribution is -2.34. The molecule has 0 bridgehead atoms. The molecule has 0 aliphatic carbocycles. The molecule has 0 radical (unpaired) electrons. The zero-order chi connectivity index (χ0) is 22.4. The van der Waals surface area contributed by atoms with Crippen LogP contribution in [0.25, 0.3) is 0 Å². The maximum Gasteiger partial charge on any atom is 0.276 e. The van der Waals surface area contributed by atoms with Crippen LogP contribution in [0.2, 0.25) is 10.0 Å². The number of nitrogen functional groups attached to an aromatic ring is 1. The van der Waals surface area contributed by atoms with E-state index < -0.39 is 5.91 Å². The van der Waals surface area contributed by atoms with Gasteiger partial charge in [-0.15, -0.1) is 0 Å². The molecular formula is C21H22Cl2N6O2. The highest BCUT2D eigenvalue weighted by Gasteiger charge is 2.11. The Morgan fingerprint density at radius 2 is 1.81 bits per heavy atom. The van der Waals surface area contributed by atoms with E-state index in [1.807, 2.05) is 24.3 Å². The zero-order valence-corrected chi connectivity index (χ0v) is 18.5. The van der Waals surface area contributed by atoms with Gasteiger partial charge in [0.2, 0.25) is 0 Å². The Morgan fingerprint density at radius 3 is 2.48 bits per heavy atom. The number of carbonyl (C=O) groups is 1. The fourth-order valence-corrected chi connectivity index (χ4v) is 3.05. The second kappa shape index (κ2) is 10.2. The molecule has 8 nitrogen and oxygen atoms in total. The predicted molar refractivity (Wildman–Crippen MR) is 124 cm³/mol. The lowest BCUT2D eigenvalue weighted by molar-refractivity contribution is -0.122. The molecule has 1 heterocycles. The summed E-state index contributed by atoms with van der Waals surface area (Å²) in [4.78, 5) is 20.3. The topological polar surface area (TPSA) is 114 Å². The van der Waals surface area contributed by atoms with E-state index in [4.69, 9.17) is 33.7 Å². The Balaban J connectivity index is 1.57. The molecule has 2 aromatic carbocycles. The van der Waals surface area contributed by atoms with Gasteiger partial charge in [0.15, 0.2) is 18.2 Å². The molecule has 3 rings (SSSR count). The molecule has 0 aliphatic heterocycles. The van der Waals surface area contributed by atoms with Crippen LogP contribution in [0.5, 0.6) is 5.75 Å². The van der Waals surface area contributed by atoms with Crippen LogP contribution in [0.4, 0.5) is 23.0 Å². The molecule has 10 heteroatoms. The molecule has 0 saturated heterocycles. The highest BCUT2D eigenvalue weighted by Crippen LogP contribution is 2.28. The van der Waals surface area contributed by atoms with Crippen molar-refractivity contribution in [1.29, 1.82) is 0 Å². The first-order valence-electron chi connectivity index (χ1n) is 9.43. The van der Waals surface area contributed by atoms with Crippen molar-refractivity contribution in [2.45, 2.75) is 19.8 Å². The van der Waals surface area contributed by atoms with Gasteiger partial charge >= 0.3 is 0 Å². The van der Waals surface area contributed by atoms with Crippen LogP contribution >= 0.6 is 23.2 Å². The fraction of sp³-hybridized carbons (Fsp3) is 0.190. The maximum atomic E-state index is 12.1. The lowest BCUT2D eigenvalue weighted by atomic mass is 10.0. The van der Waals surface area contributed by atoms with Gasteiger partial charge in [-0.1, -0.05) is 49.2 Å². The minimum Gasteiger partial charge on any atom is -0.482 e. The molecule has 162 valence electrons. The van der Waals surface area contributed by atoms with Crippen molar-refractivity contribution in [2.24, 2.45) is 0 Å². The monoisotopic (exact) mass is 460 g/mol. The van der Waals surface area contributed by atoms with E-state index in [1.54, 1.807) is 12.1 Å². The van der Waals surface area contributed by atoms with E-state index >= 15 is 0 Å². The number of nitrogens with zero attached hydrogens (tertiary/aromatic N) is 2. The van der Waals surface area contributed by atoms with Crippen molar-refractivity contribution >= 4 is 52.1 Å². The van der Waals surface area contributed by atoms with Gasteiger partial charge in [-0.25, -0.2) is 9.97 Å². The minimum atomic E-state index is -0.456. The summed E-state index contributed by atoms with van der Waals surface area (Å²) in [6.07, 6.45) is 1.33. The first-order valence-corrected chi connectivity index (χ1v) is 10.2. The Morgan fingerprint density at radius 1 is 1.10 bits per heavy atom. The summed E-state index contributed by atoms with van der Waals surface area (Å²) in [7, 11) is 0. The summed E-state index contributed by atoms with van der Waals surface area (Å²) >= 11 is 11.9. The average molecular weight is 461 g/mol. The Bertz CT molecular complexity index is 1060. The molecule has 0 atom stereocenters. The highest BCUT2D eigenvalue weighted by atomic mass is 35.5. The van der Waals surface area contributed by atoms with Gasteiger partial charge in [0.25, 0.3) is 5.91 Å². The smallest absolute Gasteiger partial charge is 0.276 e. The normalized spacial score (nSPS) is 10.6. The summed E-state index contributed by atoms with van der Waals surface area (Å²) in [5.74, 6) is 0.986. The predicted octanol–water partition coefficient (Wildman–Crippen LogP) is 4.75. The Labute approximate surface area is 190 Å². The quantitative estimate of drug-likeness (QED) is 0.358. The van der Waals surface area contributed by atoms with Crippen LogP contribution in [-0.4, -0.2) is 22.5 Å². The van der Waals surface area contributed by atoms with Crippen molar-refractivity contribution in [1.82, 2.24) is 15.4 Å². The Kier molecular flexibility index (Phi) is 7.38. The van der Waals surface area contributed by atoms with E-state index in [1.165, 1.54) is 18.0 Å². The molecule has 0 spiro atoms. The first kappa shape index (κ1) is 22.5. The number of hydrazine groups is 1. The van der Waals surface area contributed by atoms with Gasteiger partial charge < -0.3 is 15.8 Å². The number of hydrogen-bond donors (Lipinski definition) is 4. The van der Waals surface area contributed by atoms with Gasteiger partial charge in [-0.05, 0) is 41.8 Å². The van der Waals surface area contributed by atoms with Crippen molar-refractivity contribution in [3.05, 3.63) is 64.4 Å². The second-order valence-electron chi connectivity index (χ2n) is 6.92. The van der Waals surface area contributed by atoms with Crippen molar-refractivity contribution in [3.63, 3.8) is 0 Å². The number of anilines is 4. The van der Waals surface area contributed by atoms with Crippen LogP contribution in [0.15, 0.2) is 48.8 Å². The van der Waals surface area contributed by atoms with Crippen LogP contribution in [0.3, 0.4) is 0 Å². The number of ether oxygens (including phenoxy) is 1. The summed E-state index contributed by atoms with van der Waals surface area (Å²) in [5.41, 5.74) is 13.6. The molecule has 0 saturated carbocycles. The van der Waals surface area contributed by atoms with Gasteiger partial charge in [0.05, 0.1) is 5.02 Å². The molecule has 1 aromatic heterocycles. The third-order valence-electron chi connectivity index (χ3n) is 4.30. The number of rotatable bonds is 8. The number of nitrogens with two attached hydrogens (primary N) is 1. The number of carbonyl (C=O) groups excluding carboxylic acids is 1. The zero-order valence-electron chi connectivity index (χ0n) is 16.9. The third-order valence-corrected chi connectivity index (χ3v) is 4.83. The number of halogens is 2. The SMILES string of the molecule is CC(C)c1ccc(Nc2ncnc(NNC(=O)COc3ccc(Cl)cc3Cl)c2N)cc1. The number of amides is 1. The van der Waals surface area contributed by atoms with Gasteiger partial charge in [0, 0.05) is 10.7 Å². The summed E-state index contributed by atoms with van der Waals surface area (Å²) < 4.78 is 5.38. The largest absolute Gasteiger partial charge is 0.482 e. The van der Waals surface area contributed by atoms with Gasteiger partial charge in [-0.3, -0.25) is 15.6 Å². The minimum absolute atomic E-state index is 0.245. The molecule has 0 unspecified atom stereocenters. The summed E-state index contributed by atoms with van der Waals surface area (Å²) in [6.45, 7) is 3.99. The average Bonchev–Trinajstić information content (AvgIpc) is 2.74. The van der Waals surface area contributed by atoms with Crippen LogP contribution in [-0.2, 0) is 4.79 Å². The third kappa shape index (κ3) is 6.13. The van der Waals surface area contributed by atoms with Crippen molar-refractivity contribution in [3.8, 4) is 5.75 Å². The summed E-state index contributed by atoms with van der Waals surface area (Å²) in [6, 6.07) is 12.7. The number of aromatic nitrogens is 2. The number of hydrogen-bond acceptors (Lipinski definition) is 7. The first-order chi connectivity index (χ1) is 14.8. The second-order valence-corrected chi connectivity index (χ2v) is 7.77. The molecule has 5 N–H and O–H groups in total. The highest BCUT2D eigenvalue weighted by molar-refractivity contribution is 6.35. The summed E-state index contributed by atoms with van der Waals surface area (Å²) in [5, 5.41) is 3.93. The van der Waals surface area contributed by atoms with E-state index in [2.05, 4.69) is 40.0 Å². The molecule has 31 heavy (non-hydrogen) atoms. The van der Waals surface area contributed by atoms with Gasteiger partial charge in [0.1, 0.15) is 17.8 Å². The van der Waals surface area contributed by atoms with Crippen molar-refractivity contribution < 1.29 is 9.53 Å². The van der Waals surface area contributed by atoms with E-state index in [0.717, 1.165) is 5.69 Å².